The minimum Gasteiger partial charge on any atom is -0.357 e. The number of likely N-dealkylation sites (N-methyl/N-ethyl adjacent to an activating group) is 1. The van der Waals surface area contributed by atoms with Gasteiger partial charge in [0, 0.05) is 19.3 Å². The minimum atomic E-state index is -0.204. The first-order chi connectivity index (χ1) is 7.74. The van der Waals surface area contributed by atoms with E-state index in [1.807, 2.05) is 17.7 Å². The van der Waals surface area contributed by atoms with Crippen molar-refractivity contribution in [2.45, 2.75) is 31.8 Å². The summed E-state index contributed by atoms with van der Waals surface area (Å²) in [4.78, 5) is 15.7. The van der Waals surface area contributed by atoms with Crippen LogP contribution in [-0.4, -0.2) is 29.1 Å². The average Bonchev–Trinajstić information content (AvgIpc) is 2.95. The van der Waals surface area contributed by atoms with E-state index in [4.69, 9.17) is 0 Å². The summed E-state index contributed by atoms with van der Waals surface area (Å²) < 4.78 is 1.95. The molecule has 0 radical (unpaired) electrons. The zero-order valence-corrected chi connectivity index (χ0v) is 9.73. The molecule has 0 saturated carbocycles. The molecule has 0 spiro atoms. The van der Waals surface area contributed by atoms with Gasteiger partial charge in [0.25, 0.3) is 0 Å². The van der Waals surface area contributed by atoms with E-state index in [0.717, 1.165) is 18.7 Å². The molecule has 0 aromatic carbocycles. The van der Waals surface area contributed by atoms with E-state index in [0.29, 0.717) is 6.04 Å². The van der Waals surface area contributed by atoms with Crippen LogP contribution in [0.25, 0.3) is 0 Å². The molecule has 88 valence electrons. The topological polar surface area (TPSA) is 59.0 Å². The summed E-state index contributed by atoms with van der Waals surface area (Å²) in [7, 11) is 1.66. The molecule has 5 heteroatoms. The third-order valence-electron chi connectivity index (χ3n) is 3.16. The Labute approximate surface area is 95.2 Å². The highest BCUT2D eigenvalue weighted by atomic mass is 16.2. The second-order valence-corrected chi connectivity index (χ2v) is 4.16. The molecule has 1 saturated heterocycles. The Bertz CT molecular complexity index is 368. The van der Waals surface area contributed by atoms with Crippen LogP contribution in [0, 0.1) is 0 Å². The SMILES string of the molecule is CNC(=O)C(C)n1cncc1C1CCCN1. The molecule has 1 amide bonds. The maximum absolute atomic E-state index is 11.6. The van der Waals surface area contributed by atoms with Crippen LogP contribution < -0.4 is 10.6 Å². The van der Waals surface area contributed by atoms with Crippen LogP contribution in [0.5, 0.6) is 0 Å². The van der Waals surface area contributed by atoms with E-state index >= 15 is 0 Å². The fourth-order valence-corrected chi connectivity index (χ4v) is 2.18. The van der Waals surface area contributed by atoms with Crippen molar-refractivity contribution in [2.24, 2.45) is 0 Å². The van der Waals surface area contributed by atoms with E-state index in [9.17, 15) is 4.79 Å². The molecule has 2 heterocycles. The Hall–Kier alpha value is -1.36. The number of amides is 1. The van der Waals surface area contributed by atoms with Gasteiger partial charge in [-0.05, 0) is 26.3 Å². The molecule has 2 N–H and O–H groups in total. The summed E-state index contributed by atoms with van der Waals surface area (Å²) in [6.07, 6.45) is 5.88. The maximum atomic E-state index is 11.6. The van der Waals surface area contributed by atoms with Gasteiger partial charge in [0.1, 0.15) is 6.04 Å². The summed E-state index contributed by atoms with van der Waals surface area (Å²) in [6.45, 7) is 2.93. The normalized spacial score (nSPS) is 22.0. The van der Waals surface area contributed by atoms with Gasteiger partial charge in [-0.25, -0.2) is 4.98 Å². The number of rotatable bonds is 3. The zero-order valence-electron chi connectivity index (χ0n) is 9.73. The number of carbonyl (C=O) groups is 1. The molecule has 1 aromatic rings. The maximum Gasteiger partial charge on any atom is 0.242 e. The second kappa shape index (κ2) is 4.65. The van der Waals surface area contributed by atoms with Gasteiger partial charge >= 0.3 is 0 Å². The number of aromatic nitrogens is 2. The highest BCUT2D eigenvalue weighted by Gasteiger charge is 2.23. The number of hydrogen-bond donors (Lipinski definition) is 2. The summed E-state index contributed by atoms with van der Waals surface area (Å²) in [5.41, 5.74) is 1.11. The van der Waals surface area contributed by atoms with E-state index in [-0.39, 0.29) is 11.9 Å². The molecule has 5 nitrogen and oxygen atoms in total. The molecular weight excluding hydrogens is 204 g/mol. The van der Waals surface area contributed by atoms with Gasteiger partial charge in [0.2, 0.25) is 5.91 Å². The van der Waals surface area contributed by atoms with Crippen molar-refractivity contribution in [3.05, 3.63) is 18.2 Å². The summed E-state index contributed by atoms with van der Waals surface area (Å²) in [5.74, 6) is 0.0113. The van der Waals surface area contributed by atoms with Crippen LogP contribution in [0.2, 0.25) is 0 Å². The van der Waals surface area contributed by atoms with Gasteiger partial charge in [-0.1, -0.05) is 0 Å². The number of nitrogens with zero attached hydrogens (tertiary/aromatic N) is 2. The van der Waals surface area contributed by atoms with Crippen LogP contribution >= 0.6 is 0 Å². The van der Waals surface area contributed by atoms with Crippen molar-refractivity contribution < 1.29 is 4.79 Å². The van der Waals surface area contributed by atoms with Crippen LogP contribution in [-0.2, 0) is 4.79 Å². The predicted octanol–water partition coefficient (Wildman–Crippen LogP) is 0.615. The van der Waals surface area contributed by atoms with Gasteiger partial charge in [0.05, 0.1) is 12.0 Å². The standard InChI is InChI=1S/C11H18N4O/c1-8(11(16)12-2)15-7-13-6-10(15)9-4-3-5-14-9/h6-9,14H,3-5H2,1-2H3,(H,12,16). The highest BCUT2D eigenvalue weighted by molar-refractivity contribution is 5.79. The van der Waals surface area contributed by atoms with Crippen LogP contribution in [0.15, 0.2) is 12.5 Å². The fourth-order valence-electron chi connectivity index (χ4n) is 2.18. The molecule has 1 aromatic heterocycles. The molecule has 0 bridgehead atoms. The first-order valence-electron chi connectivity index (χ1n) is 5.70. The quantitative estimate of drug-likeness (QED) is 0.788. The molecule has 16 heavy (non-hydrogen) atoms. The van der Waals surface area contributed by atoms with Crippen LogP contribution in [0.4, 0.5) is 0 Å². The first-order valence-corrected chi connectivity index (χ1v) is 5.70. The van der Waals surface area contributed by atoms with Crippen LogP contribution in [0.3, 0.4) is 0 Å². The predicted molar refractivity (Wildman–Crippen MR) is 61.0 cm³/mol. The van der Waals surface area contributed by atoms with Crippen molar-refractivity contribution in [3.63, 3.8) is 0 Å². The largest absolute Gasteiger partial charge is 0.357 e. The van der Waals surface area contributed by atoms with Crippen LogP contribution in [0.1, 0.15) is 37.5 Å². The molecular formula is C11H18N4O. The molecule has 2 unspecified atom stereocenters. The molecule has 0 aliphatic carbocycles. The zero-order chi connectivity index (χ0) is 11.5. The highest BCUT2D eigenvalue weighted by Crippen LogP contribution is 2.24. The Morgan fingerprint density at radius 2 is 2.56 bits per heavy atom. The lowest BCUT2D eigenvalue weighted by Crippen LogP contribution is -2.29. The molecule has 1 aliphatic heterocycles. The van der Waals surface area contributed by atoms with E-state index in [2.05, 4.69) is 15.6 Å². The molecule has 1 aliphatic rings. The third-order valence-corrected chi connectivity index (χ3v) is 3.16. The lowest BCUT2D eigenvalue weighted by atomic mass is 10.1. The van der Waals surface area contributed by atoms with Crippen molar-refractivity contribution >= 4 is 5.91 Å². The first kappa shape index (κ1) is 11.1. The van der Waals surface area contributed by atoms with E-state index in [1.54, 1.807) is 13.4 Å². The smallest absolute Gasteiger partial charge is 0.242 e. The summed E-state index contributed by atoms with van der Waals surface area (Å²) in [5, 5.41) is 6.08. The van der Waals surface area contributed by atoms with Crippen molar-refractivity contribution in [1.82, 2.24) is 20.2 Å². The Kier molecular flexibility index (Phi) is 3.24. The van der Waals surface area contributed by atoms with E-state index in [1.165, 1.54) is 6.42 Å². The lowest BCUT2D eigenvalue weighted by molar-refractivity contribution is -0.123. The van der Waals surface area contributed by atoms with E-state index < -0.39 is 0 Å². The van der Waals surface area contributed by atoms with Gasteiger partial charge in [-0.2, -0.15) is 0 Å². The molecule has 2 atom stereocenters. The van der Waals surface area contributed by atoms with Crippen molar-refractivity contribution in [1.29, 1.82) is 0 Å². The van der Waals surface area contributed by atoms with Gasteiger partial charge in [0.15, 0.2) is 0 Å². The summed E-state index contributed by atoms with van der Waals surface area (Å²) >= 11 is 0. The fraction of sp³-hybridized carbons (Fsp3) is 0.636. The summed E-state index contributed by atoms with van der Waals surface area (Å²) in [6, 6.07) is 0.138. The minimum absolute atomic E-state index is 0.0113. The second-order valence-electron chi connectivity index (χ2n) is 4.16. The third kappa shape index (κ3) is 1.95. The average molecular weight is 222 g/mol. The number of imidazole rings is 1. The monoisotopic (exact) mass is 222 g/mol. The number of hydrogen-bond acceptors (Lipinski definition) is 3. The van der Waals surface area contributed by atoms with Crippen molar-refractivity contribution in [2.75, 3.05) is 13.6 Å². The lowest BCUT2D eigenvalue weighted by Gasteiger charge is -2.18. The number of nitrogens with one attached hydrogen (secondary N) is 2. The Morgan fingerprint density at radius 3 is 3.19 bits per heavy atom. The van der Waals surface area contributed by atoms with Gasteiger partial charge < -0.3 is 15.2 Å². The van der Waals surface area contributed by atoms with Crippen molar-refractivity contribution in [3.8, 4) is 0 Å². The van der Waals surface area contributed by atoms with Gasteiger partial charge in [-0.3, -0.25) is 4.79 Å². The Balaban J connectivity index is 2.21. The Morgan fingerprint density at radius 1 is 1.75 bits per heavy atom. The number of carbonyl (C=O) groups excluding carboxylic acids is 1. The molecule has 2 rings (SSSR count). The molecule has 1 fully saturated rings. The van der Waals surface area contributed by atoms with Gasteiger partial charge in [-0.15, -0.1) is 0 Å².